The van der Waals surface area contributed by atoms with Crippen LogP contribution in [-0.2, 0) is 17.8 Å². The van der Waals surface area contributed by atoms with E-state index in [1.807, 2.05) is 79.4 Å². The van der Waals surface area contributed by atoms with Gasteiger partial charge >= 0.3 is 6.03 Å². The van der Waals surface area contributed by atoms with Crippen LogP contribution < -0.4 is 5.32 Å². The van der Waals surface area contributed by atoms with Gasteiger partial charge < -0.3 is 15.1 Å². The highest BCUT2D eigenvalue weighted by atomic mass is 19.1. The van der Waals surface area contributed by atoms with Crippen molar-refractivity contribution in [1.29, 1.82) is 0 Å². The van der Waals surface area contributed by atoms with Gasteiger partial charge in [0.05, 0.1) is 6.04 Å². The molecule has 250 valence electrons. The molecule has 6 rings (SSSR count). The smallest absolute Gasteiger partial charge is 0.322 e. The molecule has 1 heterocycles. The van der Waals surface area contributed by atoms with Gasteiger partial charge in [-0.25, -0.2) is 9.18 Å². The molecular formula is C42H43FN4O2. The molecule has 0 radical (unpaired) electrons. The number of nitrogens with one attached hydrogen (secondary N) is 1. The number of carbonyl (C=O) groups is 2. The van der Waals surface area contributed by atoms with Crippen molar-refractivity contribution in [2.24, 2.45) is 0 Å². The number of para-hydroxylation sites is 1. The van der Waals surface area contributed by atoms with Gasteiger partial charge in [-0.15, -0.1) is 0 Å². The molecule has 0 aromatic heterocycles. The van der Waals surface area contributed by atoms with E-state index in [2.05, 4.69) is 58.7 Å². The Balaban J connectivity index is 1.29. The van der Waals surface area contributed by atoms with Crippen molar-refractivity contribution in [3.63, 3.8) is 0 Å². The number of anilines is 1. The molecule has 1 unspecified atom stereocenters. The van der Waals surface area contributed by atoms with E-state index in [-0.39, 0.29) is 30.3 Å². The minimum Gasteiger partial charge on any atom is -0.338 e. The summed E-state index contributed by atoms with van der Waals surface area (Å²) in [5, 5.41) is 3.13. The molecule has 49 heavy (non-hydrogen) atoms. The Bertz CT molecular complexity index is 1770. The molecule has 1 N–H and O–H groups in total. The highest BCUT2D eigenvalue weighted by molar-refractivity contribution is 5.95. The van der Waals surface area contributed by atoms with Crippen LogP contribution in [0.15, 0.2) is 133 Å². The average molecular weight is 655 g/mol. The van der Waals surface area contributed by atoms with Crippen LogP contribution in [-0.4, -0.2) is 58.9 Å². The second-order valence-corrected chi connectivity index (χ2v) is 12.7. The molecule has 0 bridgehead atoms. The zero-order chi connectivity index (χ0) is 34.2. The first kappa shape index (κ1) is 33.6. The Labute approximate surface area is 288 Å². The van der Waals surface area contributed by atoms with Gasteiger partial charge in [-0.2, -0.15) is 0 Å². The fourth-order valence-electron chi connectivity index (χ4n) is 6.76. The number of hydrogen-bond acceptors (Lipinski definition) is 3. The summed E-state index contributed by atoms with van der Waals surface area (Å²) < 4.78 is 13.9. The maximum Gasteiger partial charge on any atom is 0.322 e. The van der Waals surface area contributed by atoms with Crippen molar-refractivity contribution in [3.8, 4) is 0 Å². The monoisotopic (exact) mass is 654 g/mol. The molecule has 1 aliphatic heterocycles. The van der Waals surface area contributed by atoms with E-state index in [4.69, 9.17) is 0 Å². The van der Waals surface area contributed by atoms with E-state index >= 15 is 0 Å². The van der Waals surface area contributed by atoms with Crippen LogP contribution in [0.25, 0.3) is 0 Å². The summed E-state index contributed by atoms with van der Waals surface area (Å²) in [7, 11) is 0. The summed E-state index contributed by atoms with van der Waals surface area (Å²) in [4.78, 5) is 35.0. The van der Waals surface area contributed by atoms with E-state index in [0.717, 1.165) is 27.9 Å². The van der Waals surface area contributed by atoms with Gasteiger partial charge in [0.25, 0.3) is 0 Å². The predicted molar refractivity (Wildman–Crippen MR) is 194 cm³/mol. The molecule has 0 saturated carbocycles. The summed E-state index contributed by atoms with van der Waals surface area (Å²) in [5.41, 5.74) is 6.71. The third-order valence-electron chi connectivity index (χ3n) is 9.39. The first-order chi connectivity index (χ1) is 23.9. The first-order valence-electron chi connectivity index (χ1n) is 16.9. The normalized spacial score (nSPS) is 14.0. The number of amides is 3. The molecule has 6 nitrogen and oxygen atoms in total. The number of aryl methyl sites for hydroxylation is 2. The van der Waals surface area contributed by atoms with Gasteiger partial charge in [0, 0.05) is 44.8 Å². The lowest BCUT2D eigenvalue weighted by Gasteiger charge is -2.42. The molecule has 1 saturated heterocycles. The number of nitrogens with zero attached hydrogens (tertiary/aromatic N) is 3. The molecule has 0 spiro atoms. The van der Waals surface area contributed by atoms with Crippen LogP contribution in [0.3, 0.4) is 0 Å². The standard InChI is InChI=1S/C42H43FN4O2/c1-31-13-12-14-32(2)39(31)44-42(49)47(30-34-21-23-37(43)24-22-34)38(29-33-15-6-3-7-16-33)41(48)46-27-25-45(26-28-46)40(35-17-8-4-9-18-35)36-19-10-5-11-20-36/h3-24,38,40H,25-30H2,1-2H3,(H,44,49). The molecule has 1 fully saturated rings. The second kappa shape index (κ2) is 15.8. The summed E-state index contributed by atoms with van der Waals surface area (Å²) >= 11 is 0. The van der Waals surface area contributed by atoms with Gasteiger partial charge in [-0.05, 0) is 59.4 Å². The van der Waals surface area contributed by atoms with Gasteiger partial charge in [0.15, 0.2) is 0 Å². The highest BCUT2D eigenvalue weighted by Crippen LogP contribution is 2.30. The lowest BCUT2D eigenvalue weighted by Crippen LogP contribution is -2.57. The molecule has 5 aromatic rings. The van der Waals surface area contributed by atoms with Crippen LogP contribution in [0.2, 0.25) is 0 Å². The van der Waals surface area contributed by atoms with E-state index in [0.29, 0.717) is 32.6 Å². The Morgan fingerprint density at radius 1 is 0.673 bits per heavy atom. The van der Waals surface area contributed by atoms with Gasteiger partial charge in [-0.3, -0.25) is 9.69 Å². The minimum absolute atomic E-state index is 0.0675. The summed E-state index contributed by atoms with van der Waals surface area (Å²) in [5.74, 6) is -0.451. The van der Waals surface area contributed by atoms with Gasteiger partial charge in [0.1, 0.15) is 11.9 Å². The summed E-state index contributed by atoms with van der Waals surface area (Å²) in [6.07, 6.45) is 0.345. The van der Waals surface area contributed by atoms with Crippen molar-refractivity contribution in [2.75, 3.05) is 31.5 Å². The lowest BCUT2D eigenvalue weighted by atomic mass is 9.96. The minimum atomic E-state index is -0.789. The molecule has 1 atom stereocenters. The van der Waals surface area contributed by atoms with Crippen molar-refractivity contribution in [2.45, 2.75) is 38.9 Å². The summed E-state index contributed by atoms with van der Waals surface area (Å²) in [6.45, 7) is 6.49. The van der Waals surface area contributed by atoms with E-state index < -0.39 is 6.04 Å². The molecule has 7 heteroatoms. The first-order valence-corrected chi connectivity index (χ1v) is 16.9. The maximum atomic E-state index is 14.7. The Hall–Kier alpha value is -5.27. The van der Waals surface area contributed by atoms with Crippen molar-refractivity contribution >= 4 is 17.6 Å². The van der Waals surface area contributed by atoms with E-state index in [1.165, 1.54) is 23.3 Å². The highest BCUT2D eigenvalue weighted by Gasteiger charge is 2.36. The van der Waals surface area contributed by atoms with Crippen LogP contribution >= 0.6 is 0 Å². The third-order valence-corrected chi connectivity index (χ3v) is 9.39. The topological polar surface area (TPSA) is 55.9 Å². The van der Waals surface area contributed by atoms with Crippen LogP contribution in [0.4, 0.5) is 14.9 Å². The van der Waals surface area contributed by atoms with Crippen molar-refractivity contribution in [1.82, 2.24) is 14.7 Å². The predicted octanol–water partition coefficient (Wildman–Crippen LogP) is 8.02. The van der Waals surface area contributed by atoms with E-state index in [1.54, 1.807) is 17.0 Å². The van der Waals surface area contributed by atoms with Crippen molar-refractivity contribution in [3.05, 3.63) is 173 Å². The molecule has 3 amide bonds. The fraction of sp³-hybridized carbons (Fsp3) is 0.238. The van der Waals surface area contributed by atoms with E-state index in [9.17, 15) is 14.0 Å². The van der Waals surface area contributed by atoms with Crippen LogP contribution in [0, 0.1) is 19.7 Å². The maximum absolute atomic E-state index is 14.7. The zero-order valence-electron chi connectivity index (χ0n) is 28.1. The van der Waals surface area contributed by atoms with Crippen LogP contribution in [0.1, 0.15) is 39.4 Å². The van der Waals surface area contributed by atoms with Gasteiger partial charge in [0.2, 0.25) is 5.91 Å². The van der Waals surface area contributed by atoms with Crippen molar-refractivity contribution < 1.29 is 14.0 Å². The average Bonchev–Trinajstić information content (AvgIpc) is 3.13. The fourth-order valence-corrected chi connectivity index (χ4v) is 6.76. The molecular weight excluding hydrogens is 611 g/mol. The Morgan fingerprint density at radius 2 is 1.20 bits per heavy atom. The largest absolute Gasteiger partial charge is 0.338 e. The summed E-state index contributed by atoms with van der Waals surface area (Å²) in [6, 6.07) is 41.7. The lowest BCUT2D eigenvalue weighted by molar-refractivity contribution is -0.138. The third kappa shape index (κ3) is 8.24. The quantitative estimate of drug-likeness (QED) is 0.166. The number of urea groups is 1. The molecule has 0 aliphatic carbocycles. The number of rotatable bonds is 10. The zero-order valence-corrected chi connectivity index (χ0v) is 28.1. The molecule has 1 aliphatic rings. The SMILES string of the molecule is Cc1cccc(C)c1NC(=O)N(Cc1ccc(F)cc1)C(Cc1ccccc1)C(=O)N1CCN(C(c2ccccc2)c2ccccc2)CC1. The number of carbonyl (C=O) groups excluding carboxylic acids is 2. The van der Waals surface area contributed by atoms with Crippen LogP contribution in [0.5, 0.6) is 0 Å². The Morgan fingerprint density at radius 3 is 1.76 bits per heavy atom. The second-order valence-electron chi connectivity index (χ2n) is 12.7. The number of hydrogen-bond donors (Lipinski definition) is 1. The number of benzene rings is 5. The number of piperazine rings is 1. The number of halogens is 1. The molecule has 5 aromatic carbocycles. The Kier molecular flexibility index (Phi) is 10.8. The van der Waals surface area contributed by atoms with Gasteiger partial charge in [-0.1, -0.05) is 121 Å².